The lowest BCUT2D eigenvalue weighted by molar-refractivity contribution is 0.217. The van der Waals surface area contributed by atoms with Crippen LogP contribution >= 0.6 is 0 Å². The highest BCUT2D eigenvalue weighted by Gasteiger charge is 2.16. The normalized spacial score (nSPS) is 23.5. The van der Waals surface area contributed by atoms with E-state index in [1.165, 1.54) is 13.0 Å². The van der Waals surface area contributed by atoms with E-state index in [-0.39, 0.29) is 0 Å². The Labute approximate surface area is 80.9 Å². The molecule has 1 aliphatic rings. The van der Waals surface area contributed by atoms with E-state index in [9.17, 15) is 0 Å². The lowest BCUT2D eigenvalue weighted by Crippen LogP contribution is -2.35. The molecule has 0 aromatic rings. The van der Waals surface area contributed by atoms with Crippen LogP contribution in [0, 0.1) is 11.3 Å². The molecular weight excluding hydrogens is 162 g/mol. The van der Waals surface area contributed by atoms with Crippen LogP contribution in [0.3, 0.4) is 0 Å². The fraction of sp³-hybridized carbons (Fsp3) is 0.900. The molecule has 0 N–H and O–H groups in total. The molecule has 1 fully saturated rings. The monoisotopic (exact) mass is 181 g/mol. The first-order chi connectivity index (χ1) is 6.24. The number of hydrogen-bond donors (Lipinski definition) is 0. The molecular formula is C10H19N3. The van der Waals surface area contributed by atoms with E-state index in [1.54, 1.807) is 0 Å². The summed E-state index contributed by atoms with van der Waals surface area (Å²) in [6.07, 6.45) is 1.88. The molecule has 3 heteroatoms. The summed E-state index contributed by atoms with van der Waals surface area (Å²) in [5.74, 6) is 0. The average molecular weight is 181 g/mol. The van der Waals surface area contributed by atoms with Crippen molar-refractivity contribution in [2.45, 2.75) is 25.8 Å². The summed E-state index contributed by atoms with van der Waals surface area (Å²) in [5, 5.41) is 8.60. The van der Waals surface area contributed by atoms with Gasteiger partial charge in [0.25, 0.3) is 0 Å². The van der Waals surface area contributed by atoms with Gasteiger partial charge in [0.2, 0.25) is 0 Å². The van der Waals surface area contributed by atoms with Crippen molar-refractivity contribution in [2.75, 3.05) is 33.2 Å². The minimum absolute atomic E-state index is 0.427. The van der Waals surface area contributed by atoms with Crippen LogP contribution in [0.1, 0.15) is 19.8 Å². The van der Waals surface area contributed by atoms with Gasteiger partial charge < -0.3 is 4.90 Å². The van der Waals surface area contributed by atoms with Gasteiger partial charge in [-0.3, -0.25) is 4.90 Å². The second-order valence-electron chi connectivity index (χ2n) is 3.90. The van der Waals surface area contributed by atoms with Crippen LogP contribution in [0.2, 0.25) is 0 Å². The summed E-state index contributed by atoms with van der Waals surface area (Å²) in [6, 6.07) is 2.67. The Bertz CT molecular complexity index is 185. The second kappa shape index (κ2) is 5.21. The zero-order chi connectivity index (χ0) is 9.68. The summed E-state index contributed by atoms with van der Waals surface area (Å²) < 4.78 is 0. The van der Waals surface area contributed by atoms with Crippen molar-refractivity contribution >= 4 is 0 Å². The molecule has 1 rings (SSSR count). The maximum absolute atomic E-state index is 8.60. The van der Waals surface area contributed by atoms with E-state index in [4.69, 9.17) is 5.26 Å². The molecule has 1 heterocycles. The second-order valence-corrected chi connectivity index (χ2v) is 3.90. The quantitative estimate of drug-likeness (QED) is 0.635. The van der Waals surface area contributed by atoms with E-state index in [1.807, 2.05) is 0 Å². The number of likely N-dealkylation sites (N-methyl/N-ethyl adjacent to an activating group) is 1. The molecule has 1 unspecified atom stereocenters. The molecule has 0 radical (unpaired) electrons. The van der Waals surface area contributed by atoms with Crippen molar-refractivity contribution in [1.82, 2.24) is 9.80 Å². The largest absolute Gasteiger partial charge is 0.305 e. The third-order valence-corrected chi connectivity index (χ3v) is 2.76. The van der Waals surface area contributed by atoms with Crippen LogP contribution in [0.5, 0.6) is 0 Å². The Morgan fingerprint density at radius 3 is 2.77 bits per heavy atom. The Balaban J connectivity index is 2.37. The molecule has 0 aliphatic carbocycles. The van der Waals surface area contributed by atoms with Crippen LogP contribution in [-0.4, -0.2) is 49.1 Å². The molecule has 0 aromatic carbocycles. The van der Waals surface area contributed by atoms with Crippen molar-refractivity contribution in [3.8, 4) is 6.07 Å². The highest BCUT2D eigenvalue weighted by molar-refractivity contribution is 4.81. The SMILES string of the molecule is CC(CC#N)N1CCCN(C)CC1. The topological polar surface area (TPSA) is 30.3 Å². The molecule has 0 bridgehead atoms. The first-order valence-electron chi connectivity index (χ1n) is 5.03. The molecule has 3 nitrogen and oxygen atoms in total. The highest BCUT2D eigenvalue weighted by atomic mass is 15.2. The van der Waals surface area contributed by atoms with Crippen molar-refractivity contribution in [3.05, 3.63) is 0 Å². The molecule has 0 saturated carbocycles. The standard InChI is InChI=1S/C10H19N3/c1-10(4-5-11)13-7-3-6-12(2)8-9-13/h10H,3-4,6-9H2,1-2H3. The third kappa shape index (κ3) is 3.33. The number of nitrogens with zero attached hydrogens (tertiary/aromatic N) is 3. The predicted octanol–water partition coefficient (Wildman–Crippen LogP) is 0.926. The number of nitriles is 1. The summed E-state index contributed by atoms with van der Waals surface area (Å²) in [7, 11) is 2.17. The van der Waals surface area contributed by atoms with E-state index >= 15 is 0 Å². The first-order valence-corrected chi connectivity index (χ1v) is 5.03. The van der Waals surface area contributed by atoms with Gasteiger partial charge in [-0.25, -0.2) is 0 Å². The molecule has 0 amide bonds. The zero-order valence-electron chi connectivity index (χ0n) is 8.66. The summed E-state index contributed by atoms with van der Waals surface area (Å²) in [4.78, 5) is 4.78. The average Bonchev–Trinajstić information content (AvgIpc) is 2.30. The maximum atomic E-state index is 8.60. The summed E-state index contributed by atoms with van der Waals surface area (Å²) in [5.41, 5.74) is 0. The lowest BCUT2D eigenvalue weighted by Gasteiger charge is -2.25. The van der Waals surface area contributed by atoms with Crippen LogP contribution in [-0.2, 0) is 0 Å². The smallest absolute Gasteiger partial charge is 0.0638 e. The Kier molecular flexibility index (Phi) is 4.20. The van der Waals surface area contributed by atoms with Gasteiger partial charge in [0.15, 0.2) is 0 Å². The fourth-order valence-electron chi connectivity index (χ4n) is 1.77. The van der Waals surface area contributed by atoms with Crippen molar-refractivity contribution < 1.29 is 0 Å². The molecule has 0 aromatic heterocycles. The van der Waals surface area contributed by atoms with Crippen molar-refractivity contribution in [3.63, 3.8) is 0 Å². The Morgan fingerprint density at radius 2 is 2.08 bits per heavy atom. The molecule has 0 spiro atoms. The van der Waals surface area contributed by atoms with E-state index in [2.05, 4.69) is 29.8 Å². The van der Waals surface area contributed by atoms with Crippen LogP contribution in [0.4, 0.5) is 0 Å². The molecule has 74 valence electrons. The first kappa shape index (κ1) is 10.5. The minimum atomic E-state index is 0.427. The van der Waals surface area contributed by atoms with Crippen LogP contribution in [0.25, 0.3) is 0 Å². The van der Waals surface area contributed by atoms with E-state index in [0.717, 1.165) is 19.6 Å². The van der Waals surface area contributed by atoms with Crippen molar-refractivity contribution in [1.29, 1.82) is 5.26 Å². The van der Waals surface area contributed by atoms with Crippen molar-refractivity contribution in [2.24, 2.45) is 0 Å². The zero-order valence-corrected chi connectivity index (χ0v) is 8.66. The van der Waals surface area contributed by atoms with Crippen LogP contribution < -0.4 is 0 Å². The number of hydrogen-bond acceptors (Lipinski definition) is 3. The third-order valence-electron chi connectivity index (χ3n) is 2.76. The van der Waals surface area contributed by atoms with Gasteiger partial charge in [-0.05, 0) is 33.5 Å². The molecule has 1 saturated heterocycles. The van der Waals surface area contributed by atoms with E-state index < -0.39 is 0 Å². The lowest BCUT2D eigenvalue weighted by atomic mass is 10.2. The fourth-order valence-corrected chi connectivity index (χ4v) is 1.77. The molecule has 13 heavy (non-hydrogen) atoms. The van der Waals surface area contributed by atoms with E-state index in [0.29, 0.717) is 12.5 Å². The van der Waals surface area contributed by atoms with Gasteiger partial charge in [-0.15, -0.1) is 0 Å². The van der Waals surface area contributed by atoms with Gasteiger partial charge in [0.05, 0.1) is 12.5 Å². The van der Waals surface area contributed by atoms with Gasteiger partial charge in [-0.2, -0.15) is 5.26 Å². The molecule has 1 atom stereocenters. The number of rotatable bonds is 2. The van der Waals surface area contributed by atoms with Gasteiger partial charge in [-0.1, -0.05) is 0 Å². The van der Waals surface area contributed by atoms with Crippen LogP contribution in [0.15, 0.2) is 0 Å². The van der Waals surface area contributed by atoms with Gasteiger partial charge >= 0.3 is 0 Å². The summed E-state index contributed by atoms with van der Waals surface area (Å²) >= 11 is 0. The minimum Gasteiger partial charge on any atom is -0.305 e. The van der Waals surface area contributed by atoms with Gasteiger partial charge in [0, 0.05) is 19.1 Å². The summed E-state index contributed by atoms with van der Waals surface area (Å²) in [6.45, 7) is 6.73. The van der Waals surface area contributed by atoms with Gasteiger partial charge in [0.1, 0.15) is 0 Å². The Hall–Kier alpha value is -0.590. The maximum Gasteiger partial charge on any atom is 0.0638 e. The highest BCUT2D eigenvalue weighted by Crippen LogP contribution is 2.07. The predicted molar refractivity (Wildman–Crippen MR) is 53.4 cm³/mol. The Morgan fingerprint density at radius 1 is 1.31 bits per heavy atom. The molecule has 1 aliphatic heterocycles.